The Morgan fingerprint density at radius 3 is 2.06 bits per heavy atom. The minimum Gasteiger partial charge on any atom is -0.484 e. The molecule has 1 fully saturated rings. The minimum absolute atomic E-state index is 0.186. The standard InChI is InChI=1S/C20H14F3N3O5/c21-20(22,23)12-3-5-13(6-4-12)24-16(27)10-31-14-7-1-11(2-8-14)9-15-17(28)25-19(30)26-18(15)29/h1-9H,10H2,(H,24,27)(H2,25,26,28,29,30). The third-order valence-corrected chi connectivity index (χ3v) is 4.00. The van der Waals surface area contributed by atoms with Crippen molar-refractivity contribution in [3.63, 3.8) is 0 Å². The number of carbonyl (C=O) groups is 4. The minimum atomic E-state index is -4.46. The maximum atomic E-state index is 12.5. The van der Waals surface area contributed by atoms with E-state index in [1.54, 1.807) is 0 Å². The van der Waals surface area contributed by atoms with Gasteiger partial charge in [0.2, 0.25) is 0 Å². The highest BCUT2D eigenvalue weighted by molar-refractivity contribution is 6.31. The van der Waals surface area contributed by atoms with Crippen LogP contribution in [0.3, 0.4) is 0 Å². The Morgan fingerprint density at radius 1 is 0.935 bits per heavy atom. The molecule has 0 spiro atoms. The molecule has 5 amide bonds. The van der Waals surface area contributed by atoms with Gasteiger partial charge < -0.3 is 10.1 Å². The Kier molecular flexibility index (Phi) is 6.05. The van der Waals surface area contributed by atoms with Crippen molar-refractivity contribution in [2.75, 3.05) is 11.9 Å². The molecule has 3 N–H and O–H groups in total. The predicted molar refractivity (Wildman–Crippen MR) is 102 cm³/mol. The molecule has 160 valence electrons. The Bertz CT molecular complexity index is 1040. The summed E-state index contributed by atoms with van der Waals surface area (Å²) in [6.45, 7) is -0.394. The number of hydrogen-bond acceptors (Lipinski definition) is 5. The molecule has 1 aliphatic heterocycles. The average molecular weight is 433 g/mol. The fourth-order valence-electron chi connectivity index (χ4n) is 2.52. The normalized spacial score (nSPS) is 13.9. The summed E-state index contributed by atoms with van der Waals surface area (Å²) in [6, 6.07) is 9.09. The molecular weight excluding hydrogens is 419 g/mol. The smallest absolute Gasteiger partial charge is 0.416 e. The molecule has 11 heteroatoms. The van der Waals surface area contributed by atoms with E-state index >= 15 is 0 Å². The summed E-state index contributed by atoms with van der Waals surface area (Å²) in [6.07, 6.45) is -3.19. The second-order valence-electron chi connectivity index (χ2n) is 6.28. The highest BCUT2D eigenvalue weighted by atomic mass is 19.4. The number of barbiturate groups is 1. The molecule has 0 aromatic heterocycles. The Hall–Kier alpha value is -4.15. The number of anilines is 1. The molecule has 2 aromatic carbocycles. The Balaban J connectivity index is 1.55. The number of benzene rings is 2. The molecule has 8 nitrogen and oxygen atoms in total. The largest absolute Gasteiger partial charge is 0.484 e. The topological polar surface area (TPSA) is 114 Å². The molecule has 2 aromatic rings. The summed E-state index contributed by atoms with van der Waals surface area (Å²) in [5.74, 6) is -1.92. The van der Waals surface area contributed by atoms with E-state index in [-0.39, 0.29) is 11.3 Å². The van der Waals surface area contributed by atoms with Crippen molar-refractivity contribution in [3.05, 3.63) is 65.2 Å². The first kappa shape index (κ1) is 21.6. The number of carbonyl (C=O) groups excluding carboxylic acids is 4. The van der Waals surface area contributed by atoms with E-state index in [1.165, 1.54) is 30.3 Å². The van der Waals surface area contributed by atoms with Gasteiger partial charge in [0.05, 0.1) is 5.56 Å². The van der Waals surface area contributed by atoms with Crippen molar-refractivity contribution in [3.8, 4) is 5.75 Å². The van der Waals surface area contributed by atoms with E-state index in [1.807, 2.05) is 10.6 Å². The fourth-order valence-corrected chi connectivity index (χ4v) is 2.52. The number of urea groups is 1. The van der Waals surface area contributed by atoms with E-state index in [0.29, 0.717) is 11.3 Å². The third-order valence-electron chi connectivity index (χ3n) is 4.00. The number of ether oxygens (including phenoxy) is 1. The van der Waals surface area contributed by atoms with Gasteiger partial charge in [0.15, 0.2) is 6.61 Å². The first-order valence-corrected chi connectivity index (χ1v) is 8.70. The van der Waals surface area contributed by atoms with Crippen molar-refractivity contribution in [2.24, 2.45) is 0 Å². The molecule has 0 saturated carbocycles. The van der Waals surface area contributed by atoms with Gasteiger partial charge in [-0.1, -0.05) is 12.1 Å². The molecule has 31 heavy (non-hydrogen) atoms. The fraction of sp³-hybridized carbons (Fsp3) is 0.100. The molecule has 0 bridgehead atoms. The van der Waals surface area contributed by atoms with Crippen molar-refractivity contribution in [1.82, 2.24) is 10.6 Å². The van der Waals surface area contributed by atoms with Crippen LogP contribution in [-0.2, 0) is 20.6 Å². The van der Waals surface area contributed by atoms with Gasteiger partial charge in [-0.05, 0) is 48.0 Å². The maximum absolute atomic E-state index is 12.5. The van der Waals surface area contributed by atoms with Crippen LogP contribution in [0.1, 0.15) is 11.1 Å². The summed E-state index contributed by atoms with van der Waals surface area (Å²) in [7, 11) is 0. The lowest BCUT2D eigenvalue weighted by Crippen LogP contribution is -2.51. The van der Waals surface area contributed by atoms with Crippen LogP contribution in [0.5, 0.6) is 5.75 Å². The first-order chi connectivity index (χ1) is 14.6. The lowest BCUT2D eigenvalue weighted by atomic mass is 10.1. The highest BCUT2D eigenvalue weighted by Gasteiger charge is 2.30. The Labute approximate surface area is 173 Å². The van der Waals surface area contributed by atoms with Gasteiger partial charge >= 0.3 is 12.2 Å². The quantitative estimate of drug-likeness (QED) is 0.495. The summed E-state index contributed by atoms with van der Waals surface area (Å²) < 4.78 is 42.9. The van der Waals surface area contributed by atoms with Crippen LogP contribution in [-0.4, -0.2) is 30.4 Å². The summed E-state index contributed by atoms with van der Waals surface area (Å²) in [4.78, 5) is 46.3. The van der Waals surface area contributed by atoms with Crippen LogP contribution in [0, 0.1) is 0 Å². The van der Waals surface area contributed by atoms with E-state index in [2.05, 4.69) is 5.32 Å². The van der Waals surface area contributed by atoms with Crippen LogP contribution in [0.4, 0.5) is 23.7 Å². The van der Waals surface area contributed by atoms with Crippen molar-refractivity contribution >= 4 is 35.5 Å². The molecule has 1 aliphatic rings. The summed E-state index contributed by atoms with van der Waals surface area (Å²) in [5, 5.41) is 6.32. The lowest BCUT2D eigenvalue weighted by molar-refractivity contribution is -0.137. The van der Waals surface area contributed by atoms with Crippen molar-refractivity contribution in [2.45, 2.75) is 6.18 Å². The molecule has 1 heterocycles. The maximum Gasteiger partial charge on any atom is 0.416 e. The third kappa shape index (κ3) is 5.69. The molecule has 1 saturated heterocycles. The average Bonchev–Trinajstić information content (AvgIpc) is 2.70. The van der Waals surface area contributed by atoms with Crippen LogP contribution in [0.25, 0.3) is 6.08 Å². The van der Waals surface area contributed by atoms with Gasteiger partial charge in [0.1, 0.15) is 11.3 Å². The van der Waals surface area contributed by atoms with Crippen molar-refractivity contribution < 1.29 is 37.1 Å². The zero-order valence-electron chi connectivity index (χ0n) is 15.6. The second-order valence-corrected chi connectivity index (χ2v) is 6.28. The molecule has 0 unspecified atom stereocenters. The molecule has 0 radical (unpaired) electrons. The first-order valence-electron chi connectivity index (χ1n) is 8.70. The number of alkyl halides is 3. The van der Waals surface area contributed by atoms with E-state index in [0.717, 1.165) is 24.3 Å². The van der Waals surface area contributed by atoms with Gasteiger partial charge in [-0.15, -0.1) is 0 Å². The monoisotopic (exact) mass is 433 g/mol. The van der Waals surface area contributed by atoms with Crippen molar-refractivity contribution in [1.29, 1.82) is 0 Å². The van der Waals surface area contributed by atoms with Crippen LogP contribution < -0.4 is 20.7 Å². The number of nitrogens with one attached hydrogen (secondary N) is 3. The van der Waals surface area contributed by atoms with Gasteiger partial charge in [-0.3, -0.25) is 25.0 Å². The molecular formula is C20H14F3N3O5. The molecule has 0 aliphatic carbocycles. The lowest BCUT2D eigenvalue weighted by Gasteiger charge is -2.14. The predicted octanol–water partition coefficient (Wildman–Crippen LogP) is 2.47. The molecule has 0 atom stereocenters. The van der Waals surface area contributed by atoms with E-state index < -0.39 is 42.1 Å². The highest BCUT2D eigenvalue weighted by Crippen LogP contribution is 2.29. The zero-order valence-corrected chi connectivity index (χ0v) is 15.6. The van der Waals surface area contributed by atoms with Gasteiger partial charge in [-0.2, -0.15) is 13.2 Å². The zero-order chi connectivity index (χ0) is 22.6. The van der Waals surface area contributed by atoms with Crippen LogP contribution in [0.2, 0.25) is 0 Å². The summed E-state index contributed by atoms with van der Waals surface area (Å²) >= 11 is 0. The van der Waals surface area contributed by atoms with Gasteiger partial charge in [0, 0.05) is 5.69 Å². The number of hydrogen-bond donors (Lipinski definition) is 3. The number of halogens is 3. The van der Waals surface area contributed by atoms with E-state index in [9.17, 15) is 32.3 Å². The van der Waals surface area contributed by atoms with Crippen LogP contribution >= 0.6 is 0 Å². The van der Waals surface area contributed by atoms with E-state index in [4.69, 9.17) is 4.74 Å². The second kappa shape index (κ2) is 8.69. The van der Waals surface area contributed by atoms with Gasteiger partial charge in [0.25, 0.3) is 17.7 Å². The number of amides is 5. The van der Waals surface area contributed by atoms with Gasteiger partial charge in [-0.25, -0.2) is 4.79 Å². The number of imide groups is 2. The van der Waals surface area contributed by atoms with Crippen LogP contribution in [0.15, 0.2) is 54.1 Å². The molecule has 3 rings (SSSR count). The number of rotatable bonds is 5. The summed E-state index contributed by atoms with van der Waals surface area (Å²) in [5.41, 5.74) is -0.418. The SMILES string of the molecule is O=C(COc1ccc(C=C2C(=O)NC(=O)NC2=O)cc1)Nc1ccc(C(F)(F)F)cc1. The Morgan fingerprint density at radius 2 is 1.52 bits per heavy atom.